The summed E-state index contributed by atoms with van der Waals surface area (Å²) in [6.07, 6.45) is 0.885. The average molecular weight is 285 g/mol. The van der Waals surface area contributed by atoms with E-state index in [1.54, 1.807) is 11.3 Å². The number of aliphatic carboxylic acids is 1. The maximum atomic E-state index is 11.4. The number of rotatable bonds is 8. The number of hydrogen-bond donors (Lipinski definition) is 2. The lowest BCUT2D eigenvalue weighted by atomic mass is 10.1. The Morgan fingerprint density at radius 3 is 2.79 bits per heavy atom. The van der Waals surface area contributed by atoms with Crippen molar-refractivity contribution in [3.8, 4) is 0 Å². The van der Waals surface area contributed by atoms with Crippen LogP contribution in [0.25, 0.3) is 0 Å². The van der Waals surface area contributed by atoms with Crippen LogP contribution in [0.4, 0.5) is 0 Å². The SMILES string of the molecule is COC(=O)CC(NC(C)CCC(=O)O)c1cccs1. The fraction of sp³-hybridized carbons (Fsp3) is 0.538. The Morgan fingerprint density at radius 2 is 2.26 bits per heavy atom. The molecule has 0 aromatic carbocycles. The second-order valence-corrected chi connectivity index (χ2v) is 5.33. The van der Waals surface area contributed by atoms with Crippen molar-refractivity contribution in [3.63, 3.8) is 0 Å². The second-order valence-electron chi connectivity index (χ2n) is 4.35. The minimum atomic E-state index is -0.811. The van der Waals surface area contributed by atoms with Crippen LogP contribution in [-0.2, 0) is 14.3 Å². The molecule has 1 aromatic rings. The van der Waals surface area contributed by atoms with E-state index in [2.05, 4.69) is 5.32 Å². The summed E-state index contributed by atoms with van der Waals surface area (Å²) in [7, 11) is 1.36. The maximum absolute atomic E-state index is 11.4. The Labute approximate surface area is 116 Å². The molecule has 0 aliphatic heterocycles. The molecule has 19 heavy (non-hydrogen) atoms. The minimum Gasteiger partial charge on any atom is -0.481 e. The zero-order chi connectivity index (χ0) is 14.3. The number of carboxylic acid groups (broad SMARTS) is 1. The van der Waals surface area contributed by atoms with Crippen molar-refractivity contribution < 1.29 is 19.4 Å². The van der Waals surface area contributed by atoms with Gasteiger partial charge in [-0.15, -0.1) is 11.3 Å². The molecule has 0 amide bonds. The molecular weight excluding hydrogens is 266 g/mol. The molecule has 2 N–H and O–H groups in total. The highest BCUT2D eigenvalue weighted by molar-refractivity contribution is 7.10. The Balaban J connectivity index is 2.59. The molecule has 0 aliphatic rings. The number of thiophene rings is 1. The number of nitrogens with one attached hydrogen (secondary N) is 1. The van der Waals surface area contributed by atoms with Crippen LogP contribution in [0.1, 0.15) is 37.1 Å². The van der Waals surface area contributed by atoms with Gasteiger partial charge in [0.15, 0.2) is 0 Å². The molecule has 0 saturated heterocycles. The van der Waals surface area contributed by atoms with Gasteiger partial charge in [-0.3, -0.25) is 9.59 Å². The molecule has 1 rings (SSSR count). The Hall–Kier alpha value is -1.40. The summed E-state index contributed by atoms with van der Waals surface area (Å²) < 4.78 is 4.69. The van der Waals surface area contributed by atoms with E-state index in [9.17, 15) is 9.59 Å². The largest absolute Gasteiger partial charge is 0.481 e. The Bertz CT molecular complexity index is 405. The lowest BCUT2D eigenvalue weighted by molar-refractivity contribution is -0.141. The van der Waals surface area contributed by atoms with Gasteiger partial charge in [0.25, 0.3) is 0 Å². The van der Waals surface area contributed by atoms with Crippen molar-refractivity contribution >= 4 is 23.3 Å². The van der Waals surface area contributed by atoms with Crippen molar-refractivity contribution in [2.24, 2.45) is 0 Å². The molecule has 5 nitrogen and oxygen atoms in total. The summed E-state index contributed by atoms with van der Waals surface area (Å²) >= 11 is 1.56. The van der Waals surface area contributed by atoms with Gasteiger partial charge in [0, 0.05) is 17.3 Å². The van der Waals surface area contributed by atoms with Gasteiger partial charge in [0.2, 0.25) is 0 Å². The highest BCUT2D eigenvalue weighted by atomic mass is 32.1. The highest BCUT2D eigenvalue weighted by Crippen LogP contribution is 2.23. The van der Waals surface area contributed by atoms with Crippen molar-refractivity contribution in [1.29, 1.82) is 0 Å². The van der Waals surface area contributed by atoms with Crippen LogP contribution in [0.2, 0.25) is 0 Å². The van der Waals surface area contributed by atoms with Crippen LogP contribution in [-0.4, -0.2) is 30.2 Å². The van der Waals surface area contributed by atoms with E-state index in [0.717, 1.165) is 4.88 Å². The van der Waals surface area contributed by atoms with E-state index in [4.69, 9.17) is 9.84 Å². The van der Waals surface area contributed by atoms with Crippen molar-refractivity contribution in [3.05, 3.63) is 22.4 Å². The molecule has 1 heterocycles. The van der Waals surface area contributed by atoms with Crippen LogP contribution < -0.4 is 5.32 Å². The first-order valence-electron chi connectivity index (χ1n) is 6.11. The van der Waals surface area contributed by atoms with Crippen LogP contribution >= 0.6 is 11.3 Å². The van der Waals surface area contributed by atoms with E-state index in [0.29, 0.717) is 6.42 Å². The number of methoxy groups -OCH3 is 1. The lowest BCUT2D eigenvalue weighted by Gasteiger charge is -2.21. The summed E-state index contributed by atoms with van der Waals surface area (Å²) in [6, 6.07) is 3.77. The smallest absolute Gasteiger partial charge is 0.307 e. The van der Waals surface area contributed by atoms with Crippen LogP contribution in [0.15, 0.2) is 17.5 Å². The molecule has 6 heteroatoms. The molecule has 0 radical (unpaired) electrons. The molecule has 0 bridgehead atoms. The number of carbonyl (C=O) groups excluding carboxylic acids is 1. The minimum absolute atomic E-state index is 0.0212. The van der Waals surface area contributed by atoms with Crippen LogP contribution in [0.5, 0.6) is 0 Å². The molecule has 2 unspecified atom stereocenters. The van der Waals surface area contributed by atoms with Gasteiger partial charge in [-0.1, -0.05) is 6.07 Å². The van der Waals surface area contributed by atoms with Gasteiger partial charge in [-0.2, -0.15) is 0 Å². The number of carbonyl (C=O) groups is 2. The van der Waals surface area contributed by atoms with Crippen molar-refractivity contribution in [2.45, 2.75) is 38.3 Å². The van der Waals surface area contributed by atoms with E-state index in [-0.39, 0.29) is 30.9 Å². The normalized spacial score (nSPS) is 13.8. The molecule has 0 spiro atoms. The molecular formula is C13H19NO4S. The number of hydrogen-bond acceptors (Lipinski definition) is 5. The Morgan fingerprint density at radius 1 is 1.53 bits per heavy atom. The molecule has 0 fully saturated rings. The fourth-order valence-electron chi connectivity index (χ4n) is 1.75. The van der Waals surface area contributed by atoms with Gasteiger partial charge < -0.3 is 15.2 Å². The molecule has 1 aromatic heterocycles. The standard InChI is InChI=1S/C13H19NO4S/c1-9(5-6-12(15)16)14-10(8-13(17)18-2)11-4-3-7-19-11/h3-4,7,9-10,14H,5-6,8H2,1-2H3,(H,15,16). The van der Waals surface area contributed by atoms with E-state index >= 15 is 0 Å². The fourth-order valence-corrected chi connectivity index (χ4v) is 2.53. The molecule has 0 aliphatic carbocycles. The first-order valence-corrected chi connectivity index (χ1v) is 6.99. The highest BCUT2D eigenvalue weighted by Gasteiger charge is 2.19. The predicted molar refractivity (Wildman–Crippen MR) is 73.2 cm³/mol. The topological polar surface area (TPSA) is 75.6 Å². The average Bonchev–Trinajstić information content (AvgIpc) is 2.89. The zero-order valence-corrected chi connectivity index (χ0v) is 11.9. The van der Waals surface area contributed by atoms with E-state index in [1.165, 1.54) is 7.11 Å². The monoisotopic (exact) mass is 285 g/mol. The summed E-state index contributed by atoms with van der Waals surface area (Å²) in [5.74, 6) is -1.09. The van der Waals surface area contributed by atoms with Crippen LogP contribution in [0.3, 0.4) is 0 Å². The van der Waals surface area contributed by atoms with Gasteiger partial charge in [-0.25, -0.2) is 0 Å². The summed E-state index contributed by atoms with van der Waals surface area (Å²) in [6.45, 7) is 1.92. The number of esters is 1. The second kappa shape index (κ2) is 7.91. The maximum Gasteiger partial charge on any atom is 0.307 e. The van der Waals surface area contributed by atoms with Gasteiger partial charge in [0.05, 0.1) is 19.6 Å². The first kappa shape index (κ1) is 15.7. The molecule has 0 saturated carbocycles. The summed E-state index contributed by atoms with van der Waals surface area (Å²) in [5, 5.41) is 13.9. The third-order valence-electron chi connectivity index (χ3n) is 2.76. The number of carboxylic acids is 1. The lowest BCUT2D eigenvalue weighted by Crippen LogP contribution is -2.32. The third-order valence-corrected chi connectivity index (χ3v) is 3.75. The van der Waals surface area contributed by atoms with Crippen LogP contribution in [0, 0.1) is 0 Å². The third kappa shape index (κ3) is 5.85. The van der Waals surface area contributed by atoms with Crippen molar-refractivity contribution in [1.82, 2.24) is 5.32 Å². The Kier molecular flexibility index (Phi) is 6.52. The predicted octanol–water partition coefficient (Wildman–Crippen LogP) is 2.20. The molecule has 2 atom stereocenters. The molecule has 106 valence electrons. The summed E-state index contributed by atoms with van der Waals surface area (Å²) in [4.78, 5) is 23.0. The van der Waals surface area contributed by atoms with E-state index < -0.39 is 5.97 Å². The van der Waals surface area contributed by atoms with Gasteiger partial charge in [-0.05, 0) is 24.8 Å². The van der Waals surface area contributed by atoms with Gasteiger partial charge >= 0.3 is 11.9 Å². The van der Waals surface area contributed by atoms with Crippen molar-refractivity contribution in [2.75, 3.05) is 7.11 Å². The number of ether oxygens (including phenoxy) is 1. The van der Waals surface area contributed by atoms with E-state index in [1.807, 2.05) is 24.4 Å². The summed E-state index contributed by atoms with van der Waals surface area (Å²) in [5.41, 5.74) is 0. The first-order chi connectivity index (χ1) is 9.02. The zero-order valence-electron chi connectivity index (χ0n) is 11.1. The van der Waals surface area contributed by atoms with Gasteiger partial charge in [0.1, 0.15) is 0 Å². The quantitative estimate of drug-likeness (QED) is 0.716.